The van der Waals surface area contributed by atoms with Gasteiger partial charge in [-0.25, -0.2) is 0 Å². The molecule has 0 aliphatic rings. The number of pyridine rings is 1. The quantitative estimate of drug-likeness (QED) is 0.880. The molecular formula is C13H13NOS. The minimum Gasteiger partial charge on any atom is -0.389 e. The molecule has 0 fully saturated rings. The van der Waals surface area contributed by atoms with E-state index in [1.165, 1.54) is 0 Å². The molecule has 0 aliphatic heterocycles. The first kappa shape index (κ1) is 11.2. The highest BCUT2D eigenvalue weighted by Gasteiger charge is 2.07. The maximum absolute atomic E-state index is 9.66. The van der Waals surface area contributed by atoms with Crippen LogP contribution in [0, 0.1) is 0 Å². The Morgan fingerprint density at radius 1 is 1.12 bits per heavy atom. The van der Waals surface area contributed by atoms with Crippen LogP contribution in [0.2, 0.25) is 0 Å². The zero-order valence-corrected chi connectivity index (χ0v) is 9.82. The molecular weight excluding hydrogens is 218 g/mol. The lowest BCUT2D eigenvalue weighted by molar-refractivity contribution is 0.196. The third-order valence-corrected chi connectivity index (χ3v) is 3.35. The molecule has 0 aliphatic carbocycles. The van der Waals surface area contributed by atoms with Crippen LogP contribution in [0.1, 0.15) is 18.6 Å². The summed E-state index contributed by atoms with van der Waals surface area (Å²) in [7, 11) is 0. The van der Waals surface area contributed by atoms with Gasteiger partial charge in [0.2, 0.25) is 0 Å². The highest BCUT2D eigenvalue weighted by atomic mass is 32.2. The molecule has 0 bridgehead atoms. The zero-order valence-electron chi connectivity index (χ0n) is 9.00. The van der Waals surface area contributed by atoms with Gasteiger partial charge < -0.3 is 5.11 Å². The first-order valence-corrected chi connectivity index (χ1v) is 5.94. The molecule has 2 nitrogen and oxygen atoms in total. The van der Waals surface area contributed by atoms with E-state index in [0.717, 1.165) is 15.4 Å². The molecule has 2 rings (SSSR count). The van der Waals surface area contributed by atoms with Gasteiger partial charge in [-0.1, -0.05) is 30.0 Å². The minimum absolute atomic E-state index is 0.439. The van der Waals surface area contributed by atoms with E-state index >= 15 is 0 Å². The molecule has 1 aromatic carbocycles. The van der Waals surface area contributed by atoms with Crippen LogP contribution in [0.15, 0.2) is 58.6 Å². The van der Waals surface area contributed by atoms with Crippen LogP contribution in [0.3, 0.4) is 0 Å². The Labute approximate surface area is 99.4 Å². The van der Waals surface area contributed by atoms with Crippen molar-refractivity contribution in [2.75, 3.05) is 0 Å². The molecule has 0 saturated heterocycles. The molecule has 0 spiro atoms. The average molecular weight is 231 g/mol. The third-order valence-electron chi connectivity index (χ3n) is 2.25. The van der Waals surface area contributed by atoms with Gasteiger partial charge in [0, 0.05) is 22.2 Å². The summed E-state index contributed by atoms with van der Waals surface area (Å²) in [6.07, 6.45) is 3.10. The number of hydrogen-bond donors (Lipinski definition) is 1. The molecule has 1 aromatic heterocycles. The summed E-state index contributed by atoms with van der Waals surface area (Å²) in [5.74, 6) is 0. The van der Waals surface area contributed by atoms with Crippen LogP contribution in [0.25, 0.3) is 0 Å². The van der Waals surface area contributed by atoms with Crippen molar-refractivity contribution in [2.45, 2.75) is 22.8 Å². The Morgan fingerprint density at radius 2 is 1.81 bits per heavy atom. The topological polar surface area (TPSA) is 33.1 Å². The Morgan fingerprint density at radius 3 is 2.50 bits per heavy atom. The van der Waals surface area contributed by atoms with Gasteiger partial charge in [-0.3, -0.25) is 4.98 Å². The smallest absolute Gasteiger partial charge is 0.0772 e. The van der Waals surface area contributed by atoms with Crippen molar-refractivity contribution in [1.29, 1.82) is 0 Å². The molecule has 1 N–H and O–H groups in total. The molecule has 16 heavy (non-hydrogen) atoms. The van der Waals surface area contributed by atoms with Crippen LogP contribution in [-0.4, -0.2) is 10.1 Å². The summed E-state index contributed by atoms with van der Waals surface area (Å²) in [4.78, 5) is 6.20. The standard InChI is InChI=1S/C13H13NOS/c1-10(15)12-4-2-3-5-13(12)16-11-6-8-14-9-7-11/h2-10,15H,1H3. The second kappa shape index (κ2) is 5.14. The predicted molar refractivity (Wildman–Crippen MR) is 65.4 cm³/mol. The Hall–Kier alpha value is -1.32. The molecule has 0 saturated carbocycles. The first-order chi connectivity index (χ1) is 7.77. The molecule has 0 radical (unpaired) electrons. The van der Waals surface area contributed by atoms with Gasteiger partial charge in [0.05, 0.1) is 6.10 Å². The van der Waals surface area contributed by atoms with Crippen molar-refractivity contribution in [2.24, 2.45) is 0 Å². The fraction of sp³-hybridized carbons (Fsp3) is 0.154. The number of hydrogen-bond acceptors (Lipinski definition) is 3. The van der Waals surface area contributed by atoms with Crippen molar-refractivity contribution in [1.82, 2.24) is 4.98 Å². The second-order valence-corrected chi connectivity index (χ2v) is 4.61. The van der Waals surface area contributed by atoms with Gasteiger partial charge in [0.25, 0.3) is 0 Å². The van der Waals surface area contributed by atoms with Crippen LogP contribution in [0.4, 0.5) is 0 Å². The van der Waals surface area contributed by atoms with E-state index in [-0.39, 0.29) is 0 Å². The van der Waals surface area contributed by atoms with Gasteiger partial charge in [0.1, 0.15) is 0 Å². The monoisotopic (exact) mass is 231 g/mol. The second-order valence-electron chi connectivity index (χ2n) is 3.50. The van der Waals surface area contributed by atoms with E-state index in [2.05, 4.69) is 4.98 Å². The maximum atomic E-state index is 9.66. The van der Waals surface area contributed by atoms with E-state index in [9.17, 15) is 5.11 Å². The maximum Gasteiger partial charge on any atom is 0.0772 e. The summed E-state index contributed by atoms with van der Waals surface area (Å²) in [6.45, 7) is 1.78. The van der Waals surface area contributed by atoms with E-state index in [1.54, 1.807) is 31.1 Å². The van der Waals surface area contributed by atoms with Crippen molar-refractivity contribution in [3.63, 3.8) is 0 Å². The molecule has 0 amide bonds. The molecule has 1 unspecified atom stereocenters. The molecule has 1 heterocycles. The summed E-state index contributed by atoms with van der Waals surface area (Å²) in [5, 5.41) is 9.66. The van der Waals surface area contributed by atoms with Gasteiger partial charge >= 0.3 is 0 Å². The fourth-order valence-electron chi connectivity index (χ4n) is 1.45. The highest BCUT2D eigenvalue weighted by Crippen LogP contribution is 2.32. The van der Waals surface area contributed by atoms with Crippen molar-refractivity contribution in [3.05, 3.63) is 54.4 Å². The molecule has 3 heteroatoms. The summed E-state index contributed by atoms with van der Waals surface area (Å²) >= 11 is 1.64. The SMILES string of the molecule is CC(O)c1ccccc1Sc1ccncc1. The predicted octanol–water partition coefficient (Wildman–Crippen LogP) is 3.29. The van der Waals surface area contributed by atoms with Gasteiger partial charge in [0.15, 0.2) is 0 Å². The van der Waals surface area contributed by atoms with Gasteiger partial charge in [-0.05, 0) is 30.7 Å². The third kappa shape index (κ3) is 2.62. The number of rotatable bonds is 3. The Bertz CT molecular complexity index is 456. The summed E-state index contributed by atoms with van der Waals surface area (Å²) < 4.78 is 0. The number of nitrogens with zero attached hydrogens (tertiary/aromatic N) is 1. The van der Waals surface area contributed by atoms with Crippen molar-refractivity contribution in [3.8, 4) is 0 Å². The van der Waals surface area contributed by atoms with E-state index in [1.807, 2.05) is 36.4 Å². The lowest BCUT2D eigenvalue weighted by Gasteiger charge is -2.10. The molecule has 2 aromatic rings. The van der Waals surface area contributed by atoms with E-state index in [0.29, 0.717) is 0 Å². The number of benzene rings is 1. The van der Waals surface area contributed by atoms with E-state index in [4.69, 9.17) is 0 Å². The highest BCUT2D eigenvalue weighted by molar-refractivity contribution is 7.99. The Kier molecular flexibility index (Phi) is 3.59. The van der Waals surface area contributed by atoms with Crippen LogP contribution >= 0.6 is 11.8 Å². The number of aromatic nitrogens is 1. The zero-order chi connectivity index (χ0) is 11.4. The largest absolute Gasteiger partial charge is 0.389 e. The Balaban J connectivity index is 2.28. The lowest BCUT2D eigenvalue weighted by atomic mass is 10.1. The van der Waals surface area contributed by atoms with Crippen LogP contribution in [0.5, 0.6) is 0 Å². The number of aliphatic hydroxyl groups excluding tert-OH is 1. The molecule has 1 atom stereocenters. The lowest BCUT2D eigenvalue weighted by Crippen LogP contribution is -1.93. The average Bonchev–Trinajstić information content (AvgIpc) is 2.31. The summed E-state index contributed by atoms with van der Waals surface area (Å²) in [5.41, 5.74) is 0.962. The van der Waals surface area contributed by atoms with Crippen LogP contribution in [-0.2, 0) is 0 Å². The first-order valence-electron chi connectivity index (χ1n) is 5.12. The number of aliphatic hydroxyl groups is 1. The van der Waals surface area contributed by atoms with Gasteiger partial charge in [-0.15, -0.1) is 0 Å². The van der Waals surface area contributed by atoms with Crippen molar-refractivity contribution < 1.29 is 5.11 Å². The van der Waals surface area contributed by atoms with Gasteiger partial charge in [-0.2, -0.15) is 0 Å². The van der Waals surface area contributed by atoms with Crippen molar-refractivity contribution >= 4 is 11.8 Å². The summed E-state index contributed by atoms with van der Waals surface area (Å²) in [6, 6.07) is 11.8. The minimum atomic E-state index is -0.439. The van der Waals surface area contributed by atoms with E-state index < -0.39 is 6.10 Å². The van der Waals surface area contributed by atoms with Crippen LogP contribution < -0.4 is 0 Å². The molecule has 82 valence electrons. The normalized spacial score (nSPS) is 12.4. The fourth-order valence-corrected chi connectivity index (χ4v) is 2.47.